The molecule has 0 amide bonds. The Kier molecular flexibility index (Phi) is 5.83. The Morgan fingerprint density at radius 3 is 2.79 bits per heavy atom. The molecule has 2 N–H and O–H groups in total. The quantitative estimate of drug-likeness (QED) is 0.729. The second-order valence-electron chi connectivity index (χ2n) is 8.42. The SMILES string of the molecule is C[C@@H]1COC[C@@](CO)(CNCc2cc(C3CC3)nn2C)N1Cc1ccccc1. The van der Waals surface area contributed by atoms with Crippen molar-refractivity contribution < 1.29 is 9.84 Å². The maximum absolute atomic E-state index is 10.4. The smallest absolute Gasteiger partial charge is 0.0807 e. The summed E-state index contributed by atoms with van der Waals surface area (Å²) >= 11 is 0. The van der Waals surface area contributed by atoms with Crippen molar-refractivity contribution in [1.29, 1.82) is 0 Å². The van der Waals surface area contributed by atoms with Gasteiger partial charge in [0.15, 0.2) is 0 Å². The predicted octanol–water partition coefficient (Wildman–Crippen LogP) is 2.04. The van der Waals surface area contributed by atoms with Gasteiger partial charge in [0.25, 0.3) is 0 Å². The van der Waals surface area contributed by atoms with Crippen molar-refractivity contribution in [1.82, 2.24) is 20.0 Å². The average Bonchev–Trinajstić information content (AvgIpc) is 3.49. The van der Waals surface area contributed by atoms with Crippen LogP contribution in [-0.4, -0.2) is 57.7 Å². The molecular formula is C22H32N4O2. The lowest BCUT2D eigenvalue weighted by atomic mass is 9.94. The molecule has 6 nitrogen and oxygen atoms in total. The van der Waals surface area contributed by atoms with E-state index >= 15 is 0 Å². The third kappa shape index (κ3) is 4.15. The first-order chi connectivity index (χ1) is 13.6. The molecule has 2 fully saturated rings. The fourth-order valence-corrected chi connectivity index (χ4v) is 4.21. The van der Waals surface area contributed by atoms with E-state index in [9.17, 15) is 5.11 Å². The van der Waals surface area contributed by atoms with Crippen molar-refractivity contribution in [3.05, 3.63) is 53.3 Å². The van der Waals surface area contributed by atoms with Crippen molar-refractivity contribution in [3.8, 4) is 0 Å². The second-order valence-corrected chi connectivity index (χ2v) is 8.42. The molecule has 2 aliphatic rings. The van der Waals surface area contributed by atoms with Crippen LogP contribution in [0.15, 0.2) is 36.4 Å². The summed E-state index contributed by atoms with van der Waals surface area (Å²) in [7, 11) is 2.01. The van der Waals surface area contributed by atoms with Crippen LogP contribution in [0.2, 0.25) is 0 Å². The molecule has 1 aliphatic heterocycles. The van der Waals surface area contributed by atoms with Crippen molar-refractivity contribution >= 4 is 0 Å². The number of nitrogens with zero attached hydrogens (tertiary/aromatic N) is 3. The number of morpholine rings is 1. The highest BCUT2D eigenvalue weighted by molar-refractivity contribution is 5.19. The van der Waals surface area contributed by atoms with Crippen LogP contribution >= 0.6 is 0 Å². The Balaban J connectivity index is 1.44. The number of ether oxygens (including phenoxy) is 1. The number of aryl methyl sites for hydroxylation is 1. The molecule has 1 saturated heterocycles. The van der Waals surface area contributed by atoms with E-state index in [4.69, 9.17) is 4.74 Å². The molecule has 1 aromatic heterocycles. The average molecular weight is 385 g/mol. The van der Waals surface area contributed by atoms with E-state index in [0.29, 0.717) is 25.7 Å². The van der Waals surface area contributed by atoms with E-state index in [2.05, 4.69) is 52.6 Å². The fourth-order valence-electron chi connectivity index (χ4n) is 4.21. The highest BCUT2D eigenvalue weighted by Gasteiger charge is 2.42. The Morgan fingerprint density at radius 2 is 2.07 bits per heavy atom. The van der Waals surface area contributed by atoms with Gasteiger partial charge in [-0.25, -0.2) is 0 Å². The predicted molar refractivity (Wildman–Crippen MR) is 109 cm³/mol. The summed E-state index contributed by atoms with van der Waals surface area (Å²) in [5, 5.41) is 18.6. The minimum Gasteiger partial charge on any atom is -0.394 e. The van der Waals surface area contributed by atoms with E-state index in [1.165, 1.54) is 29.8 Å². The van der Waals surface area contributed by atoms with Crippen LogP contribution in [-0.2, 0) is 24.9 Å². The second kappa shape index (κ2) is 8.33. The third-order valence-electron chi connectivity index (χ3n) is 6.11. The Hall–Kier alpha value is -1.73. The summed E-state index contributed by atoms with van der Waals surface area (Å²) in [6.07, 6.45) is 2.53. The van der Waals surface area contributed by atoms with Crippen LogP contribution in [0.1, 0.15) is 42.6 Å². The monoisotopic (exact) mass is 384 g/mol. The zero-order valence-corrected chi connectivity index (χ0v) is 17.0. The lowest BCUT2D eigenvalue weighted by Crippen LogP contribution is -2.66. The molecule has 0 spiro atoms. The summed E-state index contributed by atoms with van der Waals surface area (Å²) in [5.74, 6) is 0.665. The van der Waals surface area contributed by atoms with Crippen LogP contribution in [0.5, 0.6) is 0 Å². The standard InChI is InChI=1S/C22H32N4O2/c1-17-13-28-16-22(15-27,26(17)12-18-6-4-3-5-7-18)14-23-11-20-10-21(19-8-9-19)24-25(20)2/h3-7,10,17,19,23,27H,8-9,11-16H2,1-2H3/t17-,22+/m1/s1. The summed E-state index contributed by atoms with van der Waals surface area (Å²) in [4.78, 5) is 2.40. The van der Waals surface area contributed by atoms with Gasteiger partial charge in [-0.3, -0.25) is 9.58 Å². The summed E-state index contributed by atoms with van der Waals surface area (Å²) in [6, 6.07) is 12.9. The molecule has 2 heterocycles. The van der Waals surface area contributed by atoms with E-state index in [0.717, 1.165) is 13.1 Å². The van der Waals surface area contributed by atoms with Gasteiger partial charge in [-0.15, -0.1) is 0 Å². The van der Waals surface area contributed by atoms with Gasteiger partial charge >= 0.3 is 0 Å². The summed E-state index contributed by atoms with van der Waals surface area (Å²) in [5.41, 5.74) is 3.24. The van der Waals surface area contributed by atoms with E-state index in [-0.39, 0.29) is 12.6 Å². The molecule has 152 valence electrons. The van der Waals surface area contributed by atoms with Gasteiger partial charge in [-0.05, 0) is 31.4 Å². The Labute approximate surface area is 167 Å². The lowest BCUT2D eigenvalue weighted by molar-refractivity contribution is -0.122. The van der Waals surface area contributed by atoms with Gasteiger partial charge in [0, 0.05) is 38.6 Å². The van der Waals surface area contributed by atoms with Gasteiger partial charge in [-0.2, -0.15) is 5.10 Å². The third-order valence-corrected chi connectivity index (χ3v) is 6.11. The van der Waals surface area contributed by atoms with Crippen molar-refractivity contribution in [2.45, 2.75) is 50.4 Å². The van der Waals surface area contributed by atoms with E-state index in [1.54, 1.807) is 0 Å². The first kappa shape index (κ1) is 19.6. The number of benzene rings is 1. The molecule has 4 rings (SSSR count). The minimum absolute atomic E-state index is 0.0654. The number of hydrogen-bond acceptors (Lipinski definition) is 5. The maximum atomic E-state index is 10.4. The Bertz CT molecular complexity index is 774. The zero-order chi connectivity index (χ0) is 19.6. The van der Waals surface area contributed by atoms with Crippen LogP contribution in [0.3, 0.4) is 0 Å². The van der Waals surface area contributed by atoms with E-state index < -0.39 is 5.54 Å². The number of aliphatic hydroxyl groups excluding tert-OH is 1. The summed E-state index contributed by atoms with van der Waals surface area (Å²) in [6.45, 7) is 5.69. The number of aromatic nitrogens is 2. The lowest BCUT2D eigenvalue weighted by Gasteiger charge is -2.49. The fraction of sp³-hybridized carbons (Fsp3) is 0.591. The first-order valence-electron chi connectivity index (χ1n) is 10.3. The van der Waals surface area contributed by atoms with Crippen molar-refractivity contribution in [2.24, 2.45) is 7.05 Å². The maximum Gasteiger partial charge on any atom is 0.0807 e. The van der Waals surface area contributed by atoms with Crippen LogP contribution < -0.4 is 5.32 Å². The molecular weight excluding hydrogens is 352 g/mol. The van der Waals surface area contributed by atoms with Gasteiger partial charge in [0.05, 0.1) is 36.7 Å². The largest absolute Gasteiger partial charge is 0.394 e. The van der Waals surface area contributed by atoms with Crippen molar-refractivity contribution in [2.75, 3.05) is 26.4 Å². The van der Waals surface area contributed by atoms with Gasteiger partial charge in [-0.1, -0.05) is 30.3 Å². The number of hydrogen-bond donors (Lipinski definition) is 2. The minimum atomic E-state index is -0.425. The van der Waals surface area contributed by atoms with Crippen LogP contribution in [0, 0.1) is 0 Å². The number of nitrogens with one attached hydrogen (secondary N) is 1. The van der Waals surface area contributed by atoms with Crippen molar-refractivity contribution in [3.63, 3.8) is 0 Å². The van der Waals surface area contributed by atoms with Gasteiger partial charge < -0.3 is 15.2 Å². The van der Waals surface area contributed by atoms with Gasteiger partial charge in [0.1, 0.15) is 0 Å². The molecule has 0 unspecified atom stereocenters. The molecule has 1 aliphatic carbocycles. The first-order valence-corrected chi connectivity index (χ1v) is 10.3. The molecule has 2 aromatic rings. The molecule has 1 aromatic carbocycles. The molecule has 2 atom stereocenters. The normalized spacial score (nSPS) is 25.9. The highest BCUT2D eigenvalue weighted by Crippen LogP contribution is 2.39. The Morgan fingerprint density at radius 1 is 1.29 bits per heavy atom. The summed E-state index contributed by atoms with van der Waals surface area (Å²) < 4.78 is 7.85. The molecule has 6 heteroatoms. The molecule has 28 heavy (non-hydrogen) atoms. The zero-order valence-electron chi connectivity index (χ0n) is 17.0. The van der Waals surface area contributed by atoms with Crippen LogP contribution in [0.4, 0.5) is 0 Å². The number of rotatable bonds is 8. The van der Waals surface area contributed by atoms with Gasteiger partial charge in [0.2, 0.25) is 0 Å². The molecule has 0 bridgehead atoms. The molecule has 0 radical (unpaired) electrons. The molecule has 1 saturated carbocycles. The highest BCUT2D eigenvalue weighted by atomic mass is 16.5. The topological polar surface area (TPSA) is 62.6 Å². The number of aliphatic hydroxyl groups is 1. The van der Waals surface area contributed by atoms with Crippen LogP contribution in [0.25, 0.3) is 0 Å². The van der Waals surface area contributed by atoms with E-state index in [1.807, 2.05) is 17.8 Å².